The van der Waals surface area contributed by atoms with Crippen molar-refractivity contribution in [2.75, 3.05) is 0 Å². The Morgan fingerprint density at radius 1 is 0.818 bits per heavy atom. The van der Waals surface area contributed by atoms with E-state index in [1.165, 1.54) is 0 Å². The van der Waals surface area contributed by atoms with Crippen molar-refractivity contribution in [3.05, 3.63) is 0 Å². The van der Waals surface area contributed by atoms with Gasteiger partial charge >= 0.3 is 22.4 Å². The summed E-state index contributed by atoms with van der Waals surface area (Å²) in [6.07, 6.45) is 0. The van der Waals surface area contributed by atoms with Crippen molar-refractivity contribution in [1.29, 1.82) is 0 Å². The largest absolute Gasteiger partial charge is 3.00 e. The van der Waals surface area contributed by atoms with Crippen LogP contribution < -0.4 is 15.3 Å². The van der Waals surface area contributed by atoms with Crippen molar-refractivity contribution in [1.82, 2.24) is 0 Å². The van der Waals surface area contributed by atoms with Crippen LogP contribution in [-0.2, 0) is 36.8 Å². The number of carbonyl (C=O) groups is 3. The first-order valence-corrected chi connectivity index (χ1v) is 2.09. The van der Waals surface area contributed by atoms with Gasteiger partial charge in [-0.1, -0.05) is 0 Å². The van der Waals surface area contributed by atoms with E-state index in [9.17, 15) is 29.7 Å². The second-order valence-electron chi connectivity index (χ2n) is 1.39. The molecule has 11 heavy (non-hydrogen) atoms. The van der Waals surface area contributed by atoms with E-state index in [1.807, 2.05) is 0 Å². The van der Waals surface area contributed by atoms with Gasteiger partial charge in [0.1, 0.15) is 0 Å². The molecule has 0 fully saturated rings. The fourth-order valence-electron chi connectivity index (χ4n) is 0.289. The molecular weight excluding hydrogens is 252 g/mol. The Bertz CT molecular complexity index is 154. The third-order valence-corrected chi connectivity index (χ3v) is 0.707. The number of hydrogen-bond acceptors (Lipinski definition) is 6. The SMILES string of the molecule is O=C([O-])C(C(=O)[O-])C(=O)[O-].[Ag+3]. The number of carboxylic acid groups (broad SMARTS) is 3. The maximum Gasteiger partial charge on any atom is 3.00 e. The summed E-state index contributed by atoms with van der Waals surface area (Å²) in [4.78, 5) is 28.9. The third-order valence-electron chi connectivity index (χ3n) is 0.707. The molecular formula is C4HAgO6. The maximum atomic E-state index is 9.63. The molecule has 6 nitrogen and oxygen atoms in total. The molecule has 0 spiro atoms. The number of hydrogen-bond donors (Lipinski definition) is 0. The average molecular weight is 253 g/mol. The molecule has 0 saturated heterocycles. The van der Waals surface area contributed by atoms with Gasteiger partial charge in [-0.25, -0.2) is 0 Å². The van der Waals surface area contributed by atoms with Crippen LogP contribution in [0.4, 0.5) is 0 Å². The van der Waals surface area contributed by atoms with Crippen molar-refractivity contribution in [2.45, 2.75) is 0 Å². The monoisotopic (exact) mass is 252 g/mol. The first kappa shape index (κ1) is 12.8. The fraction of sp³-hybridized carbons (Fsp3) is 0.250. The zero-order valence-electron chi connectivity index (χ0n) is 4.83. The fourth-order valence-corrected chi connectivity index (χ4v) is 0.289. The van der Waals surface area contributed by atoms with Crippen LogP contribution in [0.3, 0.4) is 0 Å². The maximum absolute atomic E-state index is 9.63. The summed E-state index contributed by atoms with van der Waals surface area (Å²) in [5.41, 5.74) is 0. The van der Waals surface area contributed by atoms with Crippen LogP contribution in [0.5, 0.6) is 0 Å². The molecule has 0 unspecified atom stereocenters. The van der Waals surface area contributed by atoms with E-state index >= 15 is 0 Å². The smallest absolute Gasteiger partial charge is 0.549 e. The summed E-state index contributed by atoms with van der Waals surface area (Å²) in [6.45, 7) is 0. The summed E-state index contributed by atoms with van der Waals surface area (Å²) in [5.74, 6) is -9.44. The van der Waals surface area contributed by atoms with Crippen LogP contribution >= 0.6 is 0 Å². The predicted octanol–water partition coefficient (Wildman–Crippen LogP) is -5.15. The molecule has 0 amide bonds. The van der Waals surface area contributed by atoms with Crippen molar-refractivity contribution in [2.24, 2.45) is 5.92 Å². The second-order valence-corrected chi connectivity index (χ2v) is 1.39. The first-order valence-electron chi connectivity index (χ1n) is 2.09. The molecule has 0 rings (SSSR count). The Kier molecular flexibility index (Phi) is 5.69. The molecule has 0 aromatic heterocycles. The molecule has 0 heterocycles. The molecule has 0 atom stereocenters. The molecule has 0 aliphatic rings. The van der Waals surface area contributed by atoms with Gasteiger partial charge in [-0.05, 0) is 0 Å². The van der Waals surface area contributed by atoms with Crippen molar-refractivity contribution >= 4 is 17.9 Å². The van der Waals surface area contributed by atoms with Gasteiger partial charge in [-0.15, -0.1) is 0 Å². The van der Waals surface area contributed by atoms with Crippen LogP contribution in [0, 0.1) is 5.92 Å². The van der Waals surface area contributed by atoms with Gasteiger partial charge in [0.15, 0.2) is 0 Å². The van der Waals surface area contributed by atoms with Gasteiger partial charge in [0.25, 0.3) is 0 Å². The molecule has 0 aliphatic heterocycles. The van der Waals surface area contributed by atoms with Crippen LogP contribution in [0.25, 0.3) is 0 Å². The standard InChI is InChI=1S/C4H4O6.Ag/c5-2(6)1(3(7)8)4(9)10;/h1H,(H,5,6)(H,7,8)(H,9,10);/q;+3/p-3. The van der Waals surface area contributed by atoms with E-state index in [0.717, 1.165) is 0 Å². The van der Waals surface area contributed by atoms with E-state index < -0.39 is 23.8 Å². The Balaban J connectivity index is 0. The van der Waals surface area contributed by atoms with Gasteiger partial charge in [-0.3, -0.25) is 0 Å². The normalized spacial score (nSPS) is 8.45. The summed E-state index contributed by atoms with van der Waals surface area (Å²) >= 11 is 0. The molecule has 0 radical (unpaired) electrons. The third kappa shape index (κ3) is 3.76. The second kappa shape index (κ2) is 4.89. The molecule has 64 valence electrons. The molecule has 7 heteroatoms. The van der Waals surface area contributed by atoms with Crippen LogP contribution in [0.1, 0.15) is 0 Å². The van der Waals surface area contributed by atoms with Crippen molar-refractivity contribution < 1.29 is 52.1 Å². The van der Waals surface area contributed by atoms with E-state index in [1.54, 1.807) is 0 Å². The predicted molar refractivity (Wildman–Crippen MR) is 18.5 cm³/mol. The van der Waals surface area contributed by atoms with Crippen LogP contribution in [-0.4, -0.2) is 17.9 Å². The zero-order valence-corrected chi connectivity index (χ0v) is 6.31. The Hall–Kier alpha value is -0.850. The van der Waals surface area contributed by atoms with Gasteiger partial charge < -0.3 is 29.7 Å². The van der Waals surface area contributed by atoms with Gasteiger partial charge in [0.05, 0.1) is 23.8 Å². The number of rotatable bonds is 3. The molecule has 0 aromatic rings. The van der Waals surface area contributed by atoms with E-state index in [-0.39, 0.29) is 22.4 Å². The van der Waals surface area contributed by atoms with E-state index in [0.29, 0.717) is 0 Å². The van der Waals surface area contributed by atoms with E-state index in [2.05, 4.69) is 0 Å². The molecule has 0 aromatic carbocycles. The molecule has 0 aliphatic carbocycles. The Morgan fingerprint density at radius 3 is 1.00 bits per heavy atom. The number of carboxylic acids is 3. The van der Waals surface area contributed by atoms with Crippen molar-refractivity contribution in [3.8, 4) is 0 Å². The molecule has 0 bridgehead atoms. The zero-order chi connectivity index (χ0) is 8.31. The minimum Gasteiger partial charge on any atom is -0.549 e. The van der Waals surface area contributed by atoms with Crippen molar-refractivity contribution in [3.63, 3.8) is 0 Å². The van der Waals surface area contributed by atoms with Gasteiger partial charge in [-0.2, -0.15) is 0 Å². The molecule has 0 N–H and O–H groups in total. The summed E-state index contributed by atoms with van der Waals surface area (Å²) in [6, 6.07) is 0. The number of carbonyl (C=O) groups excluding carboxylic acids is 3. The van der Waals surface area contributed by atoms with Crippen LogP contribution in [0.2, 0.25) is 0 Å². The average Bonchev–Trinajstić information content (AvgIpc) is 1.59. The van der Waals surface area contributed by atoms with Gasteiger partial charge in [0.2, 0.25) is 0 Å². The minimum atomic E-state index is -2.69. The quantitative estimate of drug-likeness (QED) is 0.366. The Labute approximate surface area is 76.3 Å². The summed E-state index contributed by atoms with van der Waals surface area (Å²) in [5, 5.41) is 28.9. The topological polar surface area (TPSA) is 120 Å². The molecule has 0 saturated carbocycles. The van der Waals surface area contributed by atoms with E-state index in [4.69, 9.17) is 0 Å². The van der Waals surface area contributed by atoms with Gasteiger partial charge in [0, 0.05) is 0 Å². The summed E-state index contributed by atoms with van der Waals surface area (Å²) < 4.78 is 0. The van der Waals surface area contributed by atoms with Crippen LogP contribution in [0.15, 0.2) is 0 Å². The minimum absolute atomic E-state index is 0. The number of aliphatic carboxylic acids is 3. The summed E-state index contributed by atoms with van der Waals surface area (Å²) in [7, 11) is 0. The first-order chi connectivity index (χ1) is 4.46. The Morgan fingerprint density at radius 2 is 1.00 bits per heavy atom.